The Morgan fingerprint density at radius 1 is 1.44 bits per heavy atom. The van der Waals surface area contributed by atoms with E-state index in [0.29, 0.717) is 17.9 Å². The third kappa shape index (κ3) is 3.13. The Hall–Kier alpha value is -0.840. The van der Waals surface area contributed by atoms with Crippen LogP contribution in [0.2, 0.25) is 4.34 Å². The van der Waals surface area contributed by atoms with E-state index < -0.39 is 0 Å². The molecule has 0 saturated heterocycles. The smallest absolute Gasteiger partial charge is 0.153 e. The molecule has 0 amide bonds. The number of aldehydes is 1. The lowest BCUT2D eigenvalue weighted by atomic mass is 10.1. The molecule has 5 heteroatoms. The van der Waals surface area contributed by atoms with Crippen molar-refractivity contribution in [2.24, 2.45) is 0 Å². The molecule has 0 atom stereocenters. The van der Waals surface area contributed by atoms with E-state index in [2.05, 4.69) is 15.9 Å². The fourth-order valence-electron chi connectivity index (χ4n) is 1.61. The second-order valence-corrected chi connectivity index (χ2v) is 6.47. The standard InChI is InChI=1S/C13H10BrClO2S/c1-8-4-10(14)5-9(6-16)13(8)17-7-11-2-3-12(15)18-11/h2-6H,7H2,1H3. The zero-order valence-corrected chi connectivity index (χ0v) is 12.7. The molecule has 0 spiro atoms. The minimum atomic E-state index is 0.417. The molecule has 0 aliphatic rings. The maximum absolute atomic E-state index is 11.0. The van der Waals surface area contributed by atoms with E-state index in [9.17, 15) is 4.79 Å². The Labute approximate surface area is 123 Å². The summed E-state index contributed by atoms with van der Waals surface area (Å²) in [6.07, 6.45) is 0.800. The lowest BCUT2D eigenvalue weighted by Crippen LogP contribution is -1.99. The maximum Gasteiger partial charge on any atom is 0.153 e. The molecule has 0 aliphatic heterocycles. The van der Waals surface area contributed by atoms with Crippen LogP contribution >= 0.6 is 38.9 Å². The van der Waals surface area contributed by atoms with Gasteiger partial charge in [0.15, 0.2) is 6.29 Å². The van der Waals surface area contributed by atoms with Gasteiger partial charge in [-0.1, -0.05) is 27.5 Å². The van der Waals surface area contributed by atoms with Crippen molar-refractivity contribution in [3.05, 3.63) is 49.1 Å². The van der Waals surface area contributed by atoms with E-state index >= 15 is 0 Å². The molecule has 0 fully saturated rings. The Kier molecular flexibility index (Phi) is 4.43. The Morgan fingerprint density at radius 2 is 2.22 bits per heavy atom. The highest BCUT2D eigenvalue weighted by Crippen LogP contribution is 2.29. The van der Waals surface area contributed by atoms with Gasteiger partial charge < -0.3 is 4.74 Å². The highest BCUT2D eigenvalue weighted by molar-refractivity contribution is 9.10. The first-order valence-electron chi connectivity index (χ1n) is 5.22. The van der Waals surface area contributed by atoms with Crippen LogP contribution in [0.1, 0.15) is 20.8 Å². The number of rotatable bonds is 4. The maximum atomic E-state index is 11.0. The van der Waals surface area contributed by atoms with Gasteiger partial charge in [0, 0.05) is 9.35 Å². The molecule has 2 aromatic rings. The van der Waals surface area contributed by atoms with E-state index in [-0.39, 0.29) is 0 Å². The number of hydrogen-bond donors (Lipinski definition) is 0. The van der Waals surface area contributed by atoms with E-state index in [4.69, 9.17) is 16.3 Å². The molecule has 2 rings (SSSR count). The summed E-state index contributed by atoms with van der Waals surface area (Å²) < 4.78 is 7.32. The van der Waals surface area contributed by atoms with Crippen LogP contribution in [0, 0.1) is 6.92 Å². The first kappa shape index (κ1) is 13.6. The summed E-state index contributed by atoms with van der Waals surface area (Å²) in [6, 6.07) is 7.42. The molecule has 0 radical (unpaired) electrons. The lowest BCUT2D eigenvalue weighted by Gasteiger charge is -2.11. The van der Waals surface area contributed by atoms with Crippen molar-refractivity contribution in [2.75, 3.05) is 0 Å². The minimum absolute atomic E-state index is 0.417. The molecule has 0 unspecified atom stereocenters. The molecular formula is C13H10BrClO2S. The van der Waals surface area contributed by atoms with Crippen LogP contribution in [0.15, 0.2) is 28.7 Å². The number of benzene rings is 1. The first-order chi connectivity index (χ1) is 8.60. The summed E-state index contributed by atoms with van der Waals surface area (Å²) in [5.74, 6) is 0.623. The summed E-state index contributed by atoms with van der Waals surface area (Å²) >= 11 is 10.7. The van der Waals surface area contributed by atoms with Gasteiger partial charge in [0.25, 0.3) is 0 Å². The topological polar surface area (TPSA) is 26.3 Å². The van der Waals surface area contributed by atoms with Crippen LogP contribution in [0.5, 0.6) is 5.75 Å². The van der Waals surface area contributed by atoms with Crippen LogP contribution < -0.4 is 4.74 Å². The van der Waals surface area contributed by atoms with Crippen molar-refractivity contribution >= 4 is 45.2 Å². The third-order valence-electron chi connectivity index (χ3n) is 2.38. The first-order valence-corrected chi connectivity index (χ1v) is 7.21. The van der Waals surface area contributed by atoms with Crippen LogP contribution in [-0.2, 0) is 6.61 Å². The van der Waals surface area contributed by atoms with Crippen LogP contribution in [0.25, 0.3) is 0 Å². The van der Waals surface area contributed by atoms with Crippen molar-refractivity contribution in [1.82, 2.24) is 0 Å². The lowest BCUT2D eigenvalue weighted by molar-refractivity contribution is 0.111. The number of thiophene rings is 1. The van der Waals surface area contributed by atoms with Gasteiger partial charge in [-0.3, -0.25) is 4.79 Å². The molecule has 0 saturated carbocycles. The Balaban J connectivity index is 2.20. The van der Waals surface area contributed by atoms with Crippen molar-refractivity contribution in [1.29, 1.82) is 0 Å². The molecule has 1 aromatic carbocycles. The van der Waals surface area contributed by atoms with Crippen molar-refractivity contribution in [2.45, 2.75) is 13.5 Å². The molecule has 0 aliphatic carbocycles. The third-order valence-corrected chi connectivity index (χ3v) is 4.05. The summed E-state index contributed by atoms with van der Waals surface area (Å²) in [7, 11) is 0. The molecule has 1 aromatic heterocycles. The fraction of sp³-hybridized carbons (Fsp3) is 0.154. The number of hydrogen-bond acceptors (Lipinski definition) is 3. The van der Waals surface area contributed by atoms with Gasteiger partial charge in [0.2, 0.25) is 0 Å². The zero-order chi connectivity index (χ0) is 13.1. The van der Waals surface area contributed by atoms with Gasteiger partial charge in [0.1, 0.15) is 12.4 Å². The predicted octanol–water partition coefficient (Wildman–Crippen LogP) is 4.86. The van der Waals surface area contributed by atoms with Crippen LogP contribution in [0.3, 0.4) is 0 Å². The van der Waals surface area contributed by atoms with E-state index in [1.165, 1.54) is 11.3 Å². The highest BCUT2D eigenvalue weighted by atomic mass is 79.9. The molecule has 94 valence electrons. The molecule has 2 nitrogen and oxygen atoms in total. The summed E-state index contributed by atoms with van der Waals surface area (Å²) in [5, 5.41) is 0. The predicted molar refractivity (Wildman–Crippen MR) is 77.9 cm³/mol. The monoisotopic (exact) mass is 344 g/mol. The van der Waals surface area contributed by atoms with Crippen molar-refractivity contribution in [3.8, 4) is 5.75 Å². The van der Waals surface area contributed by atoms with Crippen LogP contribution in [-0.4, -0.2) is 6.29 Å². The van der Waals surface area contributed by atoms with Crippen molar-refractivity contribution < 1.29 is 9.53 Å². The van der Waals surface area contributed by atoms with E-state index in [1.54, 1.807) is 6.07 Å². The summed E-state index contributed by atoms with van der Waals surface area (Å²) in [6.45, 7) is 2.33. The summed E-state index contributed by atoms with van der Waals surface area (Å²) in [5.41, 5.74) is 1.47. The molecule has 1 heterocycles. The molecular weight excluding hydrogens is 336 g/mol. The number of halogens is 2. The highest BCUT2D eigenvalue weighted by Gasteiger charge is 2.09. The largest absolute Gasteiger partial charge is 0.487 e. The summed E-state index contributed by atoms with van der Waals surface area (Å²) in [4.78, 5) is 12.1. The van der Waals surface area contributed by atoms with E-state index in [1.807, 2.05) is 25.1 Å². The SMILES string of the molecule is Cc1cc(Br)cc(C=O)c1OCc1ccc(Cl)s1. The van der Waals surface area contributed by atoms with Gasteiger partial charge in [-0.25, -0.2) is 0 Å². The van der Waals surface area contributed by atoms with Gasteiger partial charge in [-0.15, -0.1) is 11.3 Å². The van der Waals surface area contributed by atoms with Crippen LogP contribution in [0.4, 0.5) is 0 Å². The van der Waals surface area contributed by atoms with Gasteiger partial charge in [-0.2, -0.15) is 0 Å². The average Bonchev–Trinajstić information content (AvgIpc) is 2.73. The fourth-order valence-corrected chi connectivity index (χ4v) is 3.20. The normalized spacial score (nSPS) is 10.4. The molecule has 0 N–H and O–H groups in total. The second kappa shape index (κ2) is 5.87. The van der Waals surface area contributed by atoms with Gasteiger partial charge in [0.05, 0.1) is 9.90 Å². The van der Waals surface area contributed by atoms with Crippen molar-refractivity contribution in [3.63, 3.8) is 0 Å². The Bertz CT molecular complexity index is 580. The second-order valence-electron chi connectivity index (χ2n) is 3.75. The minimum Gasteiger partial charge on any atom is -0.487 e. The van der Waals surface area contributed by atoms with Gasteiger partial charge >= 0.3 is 0 Å². The molecule has 18 heavy (non-hydrogen) atoms. The van der Waals surface area contributed by atoms with Gasteiger partial charge in [-0.05, 0) is 36.8 Å². The number of aryl methyl sites for hydroxylation is 1. The average molecular weight is 346 g/mol. The quantitative estimate of drug-likeness (QED) is 0.739. The van der Waals surface area contributed by atoms with E-state index in [0.717, 1.165) is 25.5 Å². The number of carbonyl (C=O) groups is 1. The Morgan fingerprint density at radius 3 is 2.83 bits per heavy atom. The number of carbonyl (C=O) groups excluding carboxylic acids is 1. The molecule has 0 bridgehead atoms. The number of ether oxygens (including phenoxy) is 1. The zero-order valence-electron chi connectivity index (χ0n) is 9.57.